The summed E-state index contributed by atoms with van der Waals surface area (Å²) in [6.07, 6.45) is 36.4. The first-order valence-electron chi connectivity index (χ1n) is 40.3. The summed E-state index contributed by atoms with van der Waals surface area (Å²) in [6, 6.07) is 34.6. The lowest BCUT2D eigenvalue weighted by atomic mass is 9.81. The highest BCUT2D eigenvalue weighted by Crippen LogP contribution is 2.50. The predicted molar refractivity (Wildman–Crippen MR) is 445 cm³/mol. The van der Waals surface area contributed by atoms with E-state index in [0.29, 0.717) is 64.9 Å². The van der Waals surface area contributed by atoms with Gasteiger partial charge in [-0.15, -0.1) is 0 Å². The smallest absolute Gasteiger partial charge is 0.303 e. The van der Waals surface area contributed by atoms with E-state index in [4.69, 9.17) is 42.1 Å². The third kappa shape index (κ3) is 23.1. The molecule has 4 aromatic rings. The van der Waals surface area contributed by atoms with Crippen LogP contribution in [0, 0.1) is 0 Å². The highest BCUT2D eigenvalue weighted by molar-refractivity contribution is 6.32. The largest absolute Gasteiger partial charge is 0.481 e. The molecule has 111 heavy (non-hydrogen) atoms. The maximum Gasteiger partial charge on any atom is 0.303 e. The fourth-order valence-electron chi connectivity index (χ4n) is 16.5. The molecule has 6 aliphatic rings. The molecule has 2 aliphatic carbocycles. The van der Waals surface area contributed by atoms with E-state index in [1.807, 2.05) is 0 Å². The fraction of sp³-hybridized carbons (Fsp3) is 0.478. The molecule has 7 N–H and O–H groups in total. The molecule has 596 valence electrons. The Bertz CT molecular complexity index is 4250. The number of nitrogens with zero attached hydrogens (tertiary/aromatic N) is 4. The number of halogens is 1. The zero-order valence-electron chi connectivity index (χ0n) is 66.9. The van der Waals surface area contributed by atoms with E-state index < -0.39 is 23.9 Å². The maximum atomic E-state index is 11.4. The molecular formula is C92H121ClN6O12+2. The number of hydrogen-bond donors (Lipinski definition) is 6. The monoisotopic (exact) mass is 1540 g/mol. The second-order valence-corrected chi connectivity index (χ2v) is 32.1. The number of fused-ring (bicyclic) bond motifs is 4. The minimum Gasteiger partial charge on any atom is -0.481 e. The summed E-state index contributed by atoms with van der Waals surface area (Å²) < 4.78 is 14.7. The molecule has 0 amide bonds. The highest BCUT2D eigenvalue weighted by Gasteiger charge is 2.46. The van der Waals surface area contributed by atoms with E-state index >= 15 is 0 Å². The lowest BCUT2D eigenvalue weighted by Crippen LogP contribution is -2.28. The molecule has 0 saturated carbocycles. The van der Waals surface area contributed by atoms with Crippen LogP contribution in [0.1, 0.15) is 232 Å². The molecule has 4 heterocycles. The van der Waals surface area contributed by atoms with E-state index in [2.05, 4.69) is 225 Å². The van der Waals surface area contributed by atoms with Gasteiger partial charge in [0.2, 0.25) is 11.4 Å². The Balaban J connectivity index is 0.000000258. The molecule has 0 atom stereocenters. The summed E-state index contributed by atoms with van der Waals surface area (Å²) in [7, 11) is 0. The number of hydrogen-bond acceptors (Lipinski definition) is 12. The Hall–Kier alpha value is -9.39. The van der Waals surface area contributed by atoms with Crippen molar-refractivity contribution in [3.8, 4) is 0 Å². The van der Waals surface area contributed by atoms with Crippen molar-refractivity contribution in [2.75, 3.05) is 62.3 Å². The maximum absolute atomic E-state index is 11.4. The molecular weight excluding hydrogens is 1420 g/mol. The third-order valence-electron chi connectivity index (χ3n) is 22.4. The second-order valence-electron chi connectivity index (χ2n) is 31.7. The Morgan fingerprint density at radius 1 is 0.459 bits per heavy atom. The minimum atomic E-state index is -0.790. The van der Waals surface area contributed by atoms with Gasteiger partial charge in [0.1, 0.15) is 13.1 Å². The first-order chi connectivity index (χ1) is 53.3. The summed E-state index contributed by atoms with van der Waals surface area (Å²) in [5.74, 6) is -3.04. The Labute approximate surface area is 663 Å². The Kier molecular flexibility index (Phi) is 33.2. The summed E-state index contributed by atoms with van der Waals surface area (Å²) in [4.78, 5) is 69.2. The van der Waals surface area contributed by atoms with Gasteiger partial charge in [-0.1, -0.05) is 149 Å². The normalized spacial score (nSPS) is 18.5. The SMILES string of the molecule is CC1(C)C(=CC=C2CCCC(C=CC3=[N+](CCCCCOC=O)c4ccccc4C3(C)C)=C2Cl)N(CCCCCC(=O)O)c2ccccc21.CC1(C)C(=CC=C2CCCC(C=CC3=[N+](CCCCCOC=O)c4ccccc4C3(C)C)=C2NCCCC(=O)O)N(CCCCCC(=O)O)c2ccccc21.NCCCC(=O)O. The van der Waals surface area contributed by atoms with Crippen LogP contribution in [0.5, 0.6) is 0 Å². The average molecular weight is 1540 g/mol. The third-order valence-corrected chi connectivity index (χ3v) is 22.9. The summed E-state index contributed by atoms with van der Waals surface area (Å²) in [5, 5.41) is 40.1. The topological polar surface area (TPSA) is 252 Å². The molecule has 0 unspecified atom stereocenters. The molecule has 0 fully saturated rings. The summed E-state index contributed by atoms with van der Waals surface area (Å²) in [5.41, 5.74) is 25.4. The first-order valence-corrected chi connectivity index (χ1v) is 40.6. The molecule has 0 bridgehead atoms. The number of rotatable bonds is 40. The van der Waals surface area contributed by atoms with Crippen molar-refractivity contribution in [2.24, 2.45) is 5.73 Å². The standard InChI is InChI=1S/C46H59N3O6.C42H51ClN2O4.C4H9NO2/c1-45(2)36-19-8-10-21-38(36)48(30-12-5-7-23-42(51)52)40(45)27-25-34-17-15-18-35(44(34)47-29-16-24-43(53)54)26-28-41-46(3,4)37-20-9-11-22-39(37)49(41)31-13-6-14-32-55-33-50;1-41(2)33-18-8-10-20-35(33)44(27-12-5-7-22-39(47)48)37(41)25-23-31-16-15-17-32(40(31)43)24-26-38-42(3,4)34-19-9-11-21-36(34)45(38)28-13-6-14-29-49-30-46;5-3-1-2-4(6)7/h8-11,19-22,25-28,33H,5-7,12-18,23-24,29-32H2,1-4H3,(H2,51,52,53,54);8-11,18-21,23-26,30H,5-7,12-17,22,27-29H2,1-4H3;1-3,5H2,(H,6,7)/p+2. The Morgan fingerprint density at radius 3 is 1.31 bits per heavy atom. The molecule has 0 aromatic heterocycles. The summed E-state index contributed by atoms with van der Waals surface area (Å²) in [6.45, 7) is 24.8. The zero-order chi connectivity index (χ0) is 80.1. The van der Waals surface area contributed by atoms with Gasteiger partial charge in [-0.25, -0.2) is 0 Å². The van der Waals surface area contributed by atoms with Crippen molar-refractivity contribution < 1.29 is 67.8 Å². The van der Waals surface area contributed by atoms with Crippen molar-refractivity contribution in [3.05, 3.63) is 212 Å². The van der Waals surface area contributed by atoms with E-state index in [1.54, 1.807) is 0 Å². The molecule has 0 spiro atoms. The lowest BCUT2D eigenvalue weighted by molar-refractivity contribution is -0.438. The Morgan fingerprint density at radius 2 is 0.856 bits per heavy atom. The van der Waals surface area contributed by atoms with Crippen LogP contribution in [0.4, 0.5) is 22.7 Å². The zero-order valence-corrected chi connectivity index (χ0v) is 67.7. The van der Waals surface area contributed by atoms with Crippen LogP contribution in [0.2, 0.25) is 0 Å². The van der Waals surface area contributed by atoms with E-state index in [9.17, 15) is 33.9 Å². The highest BCUT2D eigenvalue weighted by atomic mass is 35.5. The fourth-order valence-corrected chi connectivity index (χ4v) is 16.8. The van der Waals surface area contributed by atoms with Gasteiger partial charge in [0, 0.05) is 138 Å². The van der Waals surface area contributed by atoms with Crippen molar-refractivity contribution in [1.82, 2.24) is 5.32 Å². The van der Waals surface area contributed by atoms with Crippen LogP contribution < -0.4 is 20.9 Å². The molecule has 10 rings (SSSR count). The number of carbonyl (C=O) groups is 6. The van der Waals surface area contributed by atoms with Crippen molar-refractivity contribution >= 4 is 82.6 Å². The number of benzene rings is 4. The summed E-state index contributed by atoms with van der Waals surface area (Å²) >= 11 is 7.21. The van der Waals surface area contributed by atoms with Crippen molar-refractivity contribution in [2.45, 2.75) is 231 Å². The number of carbonyl (C=O) groups excluding carboxylic acids is 2. The lowest BCUT2D eigenvalue weighted by Gasteiger charge is -2.28. The number of nitrogens with one attached hydrogen (secondary N) is 1. The van der Waals surface area contributed by atoms with Crippen LogP contribution in [-0.2, 0) is 59.9 Å². The first kappa shape index (κ1) is 87.2. The molecule has 0 radical (unpaired) electrons. The predicted octanol–water partition coefficient (Wildman–Crippen LogP) is 18.8. The van der Waals surface area contributed by atoms with Gasteiger partial charge in [-0.05, 0) is 195 Å². The quantitative estimate of drug-likeness (QED) is 0.0138. The molecule has 4 aliphatic heterocycles. The number of ether oxygens (including phenoxy) is 2. The van der Waals surface area contributed by atoms with Crippen LogP contribution in [0.3, 0.4) is 0 Å². The van der Waals surface area contributed by atoms with Gasteiger partial charge in [-0.3, -0.25) is 28.8 Å². The van der Waals surface area contributed by atoms with Gasteiger partial charge >= 0.3 is 23.9 Å². The van der Waals surface area contributed by atoms with Crippen LogP contribution in [0.15, 0.2) is 190 Å². The van der Waals surface area contributed by atoms with Crippen molar-refractivity contribution in [1.29, 1.82) is 0 Å². The van der Waals surface area contributed by atoms with Gasteiger partial charge in [-0.2, -0.15) is 9.15 Å². The van der Waals surface area contributed by atoms with E-state index in [-0.39, 0.29) is 47.3 Å². The number of para-hydroxylation sites is 4. The van der Waals surface area contributed by atoms with Crippen LogP contribution >= 0.6 is 11.6 Å². The van der Waals surface area contributed by atoms with Crippen LogP contribution in [-0.4, -0.2) is 130 Å². The van der Waals surface area contributed by atoms with Gasteiger partial charge in [0.15, 0.2) is 11.4 Å². The molecule has 18 nitrogen and oxygen atoms in total. The number of aliphatic carboxylic acids is 4. The van der Waals surface area contributed by atoms with Crippen LogP contribution in [0.25, 0.3) is 0 Å². The number of allylic oxidation sites excluding steroid dienone is 15. The number of anilines is 2. The number of nitrogens with two attached hydrogens (primary N) is 1. The van der Waals surface area contributed by atoms with Gasteiger partial charge in [0.25, 0.3) is 12.9 Å². The number of unbranched alkanes of at least 4 members (excludes halogenated alkanes) is 8. The van der Waals surface area contributed by atoms with E-state index in [1.165, 1.54) is 90.1 Å². The minimum absolute atomic E-state index is 0.114. The average Bonchev–Trinajstić information content (AvgIpc) is 1.62. The van der Waals surface area contributed by atoms with Gasteiger partial charge in [0.05, 0.1) is 24.0 Å². The molecule has 19 heteroatoms. The number of carboxylic acid groups (broad SMARTS) is 4. The van der Waals surface area contributed by atoms with Gasteiger partial charge < -0.3 is 50.8 Å². The number of carboxylic acids is 4. The molecule has 4 aromatic carbocycles. The second kappa shape index (κ2) is 42.3. The van der Waals surface area contributed by atoms with E-state index in [0.717, 1.165) is 140 Å². The molecule has 0 saturated heterocycles. The van der Waals surface area contributed by atoms with Crippen molar-refractivity contribution in [3.63, 3.8) is 0 Å².